The first-order valence-corrected chi connectivity index (χ1v) is 11.5. The molecule has 156 valence electrons. The third-order valence-corrected chi connectivity index (χ3v) is 7.34. The second kappa shape index (κ2) is 8.80. The first kappa shape index (κ1) is 21.1. The summed E-state index contributed by atoms with van der Waals surface area (Å²) in [4.78, 5) is 17.1. The molecule has 28 heavy (non-hydrogen) atoms. The van der Waals surface area contributed by atoms with E-state index < -0.39 is 10.0 Å². The molecule has 8 heteroatoms. The summed E-state index contributed by atoms with van der Waals surface area (Å²) in [5.74, 6) is 0.846. The molecule has 7 nitrogen and oxygen atoms in total. The number of carbonyl (C=O) groups is 1. The Labute approximate surface area is 168 Å². The minimum Gasteiger partial charge on any atom is -0.496 e. The first-order chi connectivity index (χ1) is 13.3. The maximum absolute atomic E-state index is 13.0. The molecule has 1 aromatic rings. The van der Waals surface area contributed by atoms with Crippen LogP contribution in [0.1, 0.15) is 43.0 Å². The highest BCUT2D eigenvalue weighted by Crippen LogP contribution is 2.26. The topological polar surface area (TPSA) is 79.0 Å². The molecule has 0 aromatic heterocycles. The van der Waals surface area contributed by atoms with Gasteiger partial charge in [0, 0.05) is 19.1 Å². The Balaban J connectivity index is 1.80. The van der Waals surface area contributed by atoms with E-state index in [0.717, 1.165) is 38.8 Å². The molecular formula is C20H31N3O4S. The van der Waals surface area contributed by atoms with Crippen molar-refractivity contribution in [2.24, 2.45) is 5.92 Å². The zero-order valence-corrected chi connectivity index (χ0v) is 17.8. The Morgan fingerprint density at radius 1 is 1.11 bits per heavy atom. The number of methoxy groups -OCH3 is 1. The number of ether oxygens (including phenoxy) is 1. The number of likely N-dealkylation sites (tertiary alicyclic amines) is 2. The van der Waals surface area contributed by atoms with E-state index in [-0.39, 0.29) is 16.8 Å². The lowest BCUT2D eigenvalue weighted by molar-refractivity contribution is 0.0693. The van der Waals surface area contributed by atoms with Crippen LogP contribution >= 0.6 is 0 Å². The first-order valence-electron chi connectivity index (χ1n) is 9.98. The zero-order chi connectivity index (χ0) is 20.3. The van der Waals surface area contributed by atoms with E-state index in [1.807, 2.05) is 7.05 Å². The van der Waals surface area contributed by atoms with Gasteiger partial charge in [-0.25, -0.2) is 13.1 Å². The second-order valence-corrected chi connectivity index (χ2v) is 9.75. The predicted molar refractivity (Wildman–Crippen MR) is 108 cm³/mol. The fourth-order valence-electron chi connectivity index (χ4n) is 3.82. The van der Waals surface area contributed by atoms with E-state index in [9.17, 15) is 13.2 Å². The average molecular weight is 410 g/mol. The molecule has 2 heterocycles. The van der Waals surface area contributed by atoms with E-state index in [1.165, 1.54) is 19.2 Å². The summed E-state index contributed by atoms with van der Waals surface area (Å²) in [7, 11) is -0.162. The van der Waals surface area contributed by atoms with Gasteiger partial charge in [0.1, 0.15) is 5.75 Å². The van der Waals surface area contributed by atoms with Crippen molar-refractivity contribution in [3.05, 3.63) is 23.8 Å². The number of nitrogens with one attached hydrogen (secondary N) is 1. The van der Waals surface area contributed by atoms with Crippen molar-refractivity contribution in [3.63, 3.8) is 0 Å². The van der Waals surface area contributed by atoms with Crippen LogP contribution in [-0.2, 0) is 10.0 Å². The van der Waals surface area contributed by atoms with Gasteiger partial charge in [0.05, 0.1) is 17.6 Å². The van der Waals surface area contributed by atoms with Gasteiger partial charge >= 0.3 is 0 Å². The highest BCUT2D eigenvalue weighted by molar-refractivity contribution is 7.89. The number of hydrogen-bond acceptors (Lipinski definition) is 5. The SMILES string of the molecule is COc1ccc(S(=O)(=O)NC2CCN(C)CC2)cc1C(=O)N1CCC(C)CC1. The van der Waals surface area contributed by atoms with Gasteiger partial charge in [0.25, 0.3) is 5.91 Å². The number of piperidine rings is 2. The minimum atomic E-state index is -3.69. The van der Waals surface area contributed by atoms with Crippen LogP contribution < -0.4 is 9.46 Å². The van der Waals surface area contributed by atoms with Crippen LogP contribution in [0.15, 0.2) is 23.1 Å². The summed E-state index contributed by atoms with van der Waals surface area (Å²) in [6.45, 7) is 5.30. The fraction of sp³-hybridized carbons (Fsp3) is 0.650. The maximum atomic E-state index is 13.0. The molecule has 2 aliphatic heterocycles. The van der Waals surface area contributed by atoms with Crippen LogP contribution in [-0.4, -0.2) is 70.5 Å². The quantitative estimate of drug-likeness (QED) is 0.804. The largest absolute Gasteiger partial charge is 0.496 e. The molecule has 1 amide bonds. The molecule has 0 spiro atoms. The molecule has 0 atom stereocenters. The Hall–Kier alpha value is -1.64. The van der Waals surface area contributed by atoms with Crippen LogP contribution in [0.25, 0.3) is 0 Å². The lowest BCUT2D eigenvalue weighted by Gasteiger charge is -2.31. The Morgan fingerprint density at radius 3 is 2.36 bits per heavy atom. The second-order valence-electron chi connectivity index (χ2n) is 8.04. The van der Waals surface area contributed by atoms with Crippen molar-refractivity contribution in [3.8, 4) is 5.75 Å². The number of sulfonamides is 1. The third kappa shape index (κ3) is 4.85. The van der Waals surface area contributed by atoms with Gasteiger partial charge < -0.3 is 14.5 Å². The minimum absolute atomic E-state index is 0.0777. The summed E-state index contributed by atoms with van der Waals surface area (Å²) in [6, 6.07) is 4.45. The lowest BCUT2D eigenvalue weighted by Crippen LogP contribution is -2.43. The van der Waals surface area contributed by atoms with Crippen LogP contribution in [0.3, 0.4) is 0 Å². The Kier molecular flexibility index (Phi) is 6.62. The van der Waals surface area contributed by atoms with Gasteiger partial charge in [-0.1, -0.05) is 6.92 Å². The van der Waals surface area contributed by atoms with E-state index >= 15 is 0 Å². The number of hydrogen-bond donors (Lipinski definition) is 1. The predicted octanol–water partition coefficient (Wildman–Crippen LogP) is 1.94. The van der Waals surface area contributed by atoms with Gasteiger partial charge in [-0.3, -0.25) is 4.79 Å². The molecule has 3 rings (SSSR count). The molecule has 0 bridgehead atoms. The van der Waals surface area contributed by atoms with Crippen molar-refractivity contribution in [2.75, 3.05) is 40.3 Å². The average Bonchev–Trinajstić information content (AvgIpc) is 2.69. The van der Waals surface area contributed by atoms with Gasteiger partial charge in [0.2, 0.25) is 10.0 Å². The van der Waals surface area contributed by atoms with E-state index in [2.05, 4.69) is 16.5 Å². The monoisotopic (exact) mass is 409 g/mol. The molecule has 0 unspecified atom stereocenters. The van der Waals surface area contributed by atoms with Gasteiger partial charge in [-0.15, -0.1) is 0 Å². The molecule has 1 aromatic carbocycles. The van der Waals surface area contributed by atoms with Gasteiger partial charge in [0.15, 0.2) is 0 Å². The van der Waals surface area contributed by atoms with Crippen molar-refractivity contribution in [1.29, 1.82) is 0 Å². The summed E-state index contributed by atoms with van der Waals surface area (Å²) in [6.07, 6.45) is 3.49. The normalized spacial score (nSPS) is 20.3. The van der Waals surface area contributed by atoms with Gasteiger partial charge in [-0.05, 0) is 69.9 Å². The molecule has 1 N–H and O–H groups in total. The smallest absolute Gasteiger partial charge is 0.257 e. The summed E-state index contributed by atoms with van der Waals surface area (Å²) >= 11 is 0. The van der Waals surface area contributed by atoms with E-state index in [1.54, 1.807) is 11.0 Å². The van der Waals surface area contributed by atoms with E-state index in [4.69, 9.17) is 4.74 Å². The zero-order valence-electron chi connectivity index (χ0n) is 17.0. The molecule has 2 saturated heterocycles. The highest BCUT2D eigenvalue weighted by atomic mass is 32.2. The standard InChI is InChI=1S/C20H31N3O4S/c1-15-6-12-23(13-7-15)20(24)18-14-17(4-5-19(18)27-3)28(25,26)21-16-8-10-22(2)11-9-16/h4-5,14-16,21H,6-13H2,1-3H3. The van der Waals surface area contributed by atoms with Gasteiger partial charge in [-0.2, -0.15) is 0 Å². The fourth-order valence-corrected chi connectivity index (χ4v) is 5.15. The van der Waals surface area contributed by atoms with Crippen molar-refractivity contribution in [1.82, 2.24) is 14.5 Å². The Morgan fingerprint density at radius 2 is 1.75 bits per heavy atom. The highest BCUT2D eigenvalue weighted by Gasteiger charge is 2.28. The number of amides is 1. The van der Waals surface area contributed by atoms with Crippen LogP contribution in [0, 0.1) is 5.92 Å². The maximum Gasteiger partial charge on any atom is 0.257 e. The van der Waals surface area contributed by atoms with Crippen molar-refractivity contribution >= 4 is 15.9 Å². The third-order valence-electron chi connectivity index (χ3n) is 5.82. The summed E-state index contributed by atoms with van der Waals surface area (Å²) in [5.41, 5.74) is 0.309. The molecular weight excluding hydrogens is 378 g/mol. The molecule has 0 saturated carbocycles. The van der Waals surface area contributed by atoms with Crippen molar-refractivity contribution in [2.45, 2.75) is 43.5 Å². The number of rotatable bonds is 5. The summed E-state index contributed by atoms with van der Waals surface area (Å²) < 4.78 is 33.9. The number of carbonyl (C=O) groups excluding carboxylic acids is 1. The lowest BCUT2D eigenvalue weighted by atomic mass is 9.98. The van der Waals surface area contributed by atoms with Crippen LogP contribution in [0.5, 0.6) is 5.75 Å². The molecule has 2 aliphatic rings. The molecule has 0 aliphatic carbocycles. The van der Waals surface area contributed by atoms with E-state index in [0.29, 0.717) is 30.3 Å². The molecule has 2 fully saturated rings. The van der Waals surface area contributed by atoms with Crippen molar-refractivity contribution < 1.29 is 17.9 Å². The summed E-state index contributed by atoms with van der Waals surface area (Å²) in [5, 5.41) is 0. The number of nitrogens with zero attached hydrogens (tertiary/aromatic N) is 2. The van der Waals surface area contributed by atoms with Crippen LogP contribution in [0.2, 0.25) is 0 Å². The number of benzene rings is 1. The Bertz CT molecular complexity index is 796. The molecule has 0 radical (unpaired) electrons. The van der Waals surface area contributed by atoms with Crippen LogP contribution in [0.4, 0.5) is 0 Å².